The van der Waals surface area contributed by atoms with Crippen molar-refractivity contribution in [3.05, 3.63) is 11.1 Å². The van der Waals surface area contributed by atoms with E-state index in [1.807, 2.05) is 12.3 Å². The van der Waals surface area contributed by atoms with E-state index < -0.39 is 0 Å². The van der Waals surface area contributed by atoms with Gasteiger partial charge in [0.1, 0.15) is 0 Å². The van der Waals surface area contributed by atoms with Crippen molar-refractivity contribution in [1.82, 2.24) is 9.88 Å². The summed E-state index contributed by atoms with van der Waals surface area (Å²) in [5.41, 5.74) is 1.02. The van der Waals surface area contributed by atoms with Crippen molar-refractivity contribution in [2.75, 3.05) is 18.4 Å². The van der Waals surface area contributed by atoms with Crippen molar-refractivity contribution in [3.8, 4) is 0 Å². The first-order valence-corrected chi connectivity index (χ1v) is 8.06. The molecule has 0 bridgehead atoms. The van der Waals surface area contributed by atoms with Gasteiger partial charge in [0.05, 0.1) is 17.9 Å². The molecule has 1 aliphatic rings. The molecule has 0 unspecified atom stereocenters. The normalized spacial score (nSPS) is 23.8. The fraction of sp³-hybridized carbons (Fsp3) is 0.714. The van der Waals surface area contributed by atoms with Gasteiger partial charge in [0, 0.05) is 31.4 Å². The van der Waals surface area contributed by atoms with Gasteiger partial charge in [-0.25, -0.2) is 4.98 Å². The quantitative estimate of drug-likeness (QED) is 0.907. The number of nitrogens with zero attached hydrogens (tertiary/aromatic N) is 2. The molecule has 1 N–H and O–H groups in total. The average molecular weight is 297 g/mol. The van der Waals surface area contributed by atoms with Crippen LogP contribution in [0.5, 0.6) is 0 Å². The molecular weight excluding hydrogens is 274 g/mol. The summed E-state index contributed by atoms with van der Waals surface area (Å²) in [6.07, 6.45) is 1.93. The average Bonchev–Trinajstić information content (AvgIpc) is 2.75. The van der Waals surface area contributed by atoms with Crippen LogP contribution in [-0.2, 0) is 16.1 Å². The van der Waals surface area contributed by atoms with Crippen molar-refractivity contribution in [1.29, 1.82) is 0 Å². The Kier molecular flexibility index (Phi) is 5.51. The number of carbonyl (C=O) groups is 1. The Hall–Kier alpha value is -0.980. The molecule has 1 fully saturated rings. The topological polar surface area (TPSA) is 54.5 Å². The lowest BCUT2D eigenvalue weighted by Gasteiger charge is -2.34. The highest BCUT2D eigenvalue weighted by atomic mass is 32.1. The standard InChI is InChI=1S/C14H23N3O2S/c1-4-5-13(18)16-14-15-12(9-20-14)8-17-6-10(2)19-11(3)7-17/h9-11H,4-8H2,1-3H3,(H,15,16,18)/t10-,11-/m1/s1. The largest absolute Gasteiger partial charge is 0.373 e. The Labute approximate surface area is 124 Å². The zero-order chi connectivity index (χ0) is 14.5. The van der Waals surface area contributed by atoms with Crippen LogP contribution >= 0.6 is 11.3 Å². The van der Waals surface area contributed by atoms with Gasteiger partial charge in [-0.1, -0.05) is 6.92 Å². The zero-order valence-electron chi connectivity index (χ0n) is 12.4. The van der Waals surface area contributed by atoms with Gasteiger partial charge in [-0.15, -0.1) is 11.3 Å². The van der Waals surface area contributed by atoms with Crippen LogP contribution in [0.25, 0.3) is 0 Å². The minimum Gasteiger partial charge on any atom is -0.373 e. The van der Waals surface area contributed by atoms with E-state index in [-0.39, 0.29) is 18.1 Å². The summed E-state index contributed by atoms with van der Waals surface area (Å²) in [6.45, 7) is 8.87. The summed E-state index contributed by atoms with van der Waals surface area (Å²) in [5, 5.41) is 5.57. The number of ether oxygens (including phenoxy) is 1. The van der Waals surface area contributed by atoms with Gasteiger partial charge in [0.25, 0.3) is 0 Å². The van der Waals surface area contributed by atoms with Crippen molar-refractivity contribution in [2.24, 2.45) is 0 Å². The molecule has 1 aliphatic heterocycles. The number of aromatic nitrogens is 1. The molecule has 0 saturated carbocycles. The zero-order valence-corrected chi connectivity index (χ0v) is 13.2. The van der Waals surface area contributed by atoms with Crippen molar-refractivity contribution >= 4 is 22.4 Å². The second-order valence-electron chi connectivity index (χ2n) is 5.39. The molecule has 0 spiro atoms. The molecule has 1 amide bonds. The van der Waals surface area contributed by atoms with Crippen LogP contribution in [0, 0.1) is 0 Å². The predicted octanol–water partition coefficient (Wildman–Crippen LogP) is 2.49. The SMILES string of the molecule is CCCC(=O)Nc1nc(CN2C[C@@H](C)O[C@H](C)C2)cs1. The number of hydrogen-bond acceptors (Lipinski definition) is 5. The van der Waals surface area contributed by atoms with Gasteiger partial charge in [-0.2, -0.15) is 0 Å². The molecule has 0 aromatic carbocycles. The highest BCUT2D eigenvalue weighted by Crippen LogP contribution is 2.19. The van der Waals surface area contributed by atoms with Gasteiger partial charge in [0.2, 0.25) is 5.91 Å². The van der Waals surface area contributed by atoms with Gasteiger partial charge < -0.3 is 10.1 Å². The monoisotopic (exact) mass is 297 g/mol. The second kappa shape index (κ2) is 7.15. The molecular formula is C14H23N3O2S. The second-order valence-corrected chi connectivity index (χ2v) is 6.25. The molecule has 1 aromatic rings. The van der Waals surface area contributed by atoms with E-state index in [2.05, 4.69) is 29.0 Å². The maximum absolute atomic E-state index is 11.5. The van der Waals surface area contributed by atoms with Crippen LogP contribution in [0.2, 0.25) is 0 Å². The Morgan fingerprint density at radius 3 is 2.85 bits per heavy atom. The molecule has 2 heterocycles. The Balaban J connectivity index is 1.87. The minimum atomic E-state index is 0.0435. The fourth-order valence-corrected chi connectivity index (χ4v) is 3.21. The van der Waals surface area contributed by atoms with E-state index in [4.69, 9.17) is 4.74 Å². The van der Waals surface area contributed by atoms with Crippen LogP contribution < -0.4 is 5.32 Å². The minimum absolute atomic E-state index is 0.0435. The third kappa shape index (κ3) is 4.54. The molecule has 0 aliphatic carbocycles. The fourth-order valence-electron chi connectivity index (χ4n) is 2.49. The van der Waals surface area contributed by atoms with Crippen LogP contribution in [0.15, 0.2) is 5.38 Å². The highest BCUT2D eigenvalue weighted by molar-refractivity contribution is 7.13. The first-order valence-electron chi connectivity index (χ1n) is 7.19. The number of thiazole rings is 1. The summed E-state index contributed by atoms with van der Waals surface area (Å²) in [6, 6.07) is 0. The smallest absolute Gasteiger partial charge is 0.226 e. The summed E-state index contributed by atoms with van der Waals surface area (Å²) >= 11 is 1.49. The summed E-state index contributed by atoms with van der Waals surface area (Å²) in [7, 11) is 0. The van der Waals surface area contributed by atoms with Crippen molar-refractivity contribution < 1.29 is 9.53 Å². The van der Waals surface area contributed by atoms with E-state index in [0.29, 0.717) is 11.6 Å². The Bertz CT molecular complexity index is 439. The van der Waals surface area contributed by atoms with E-state index in [1.54, 1.807) is 0 Å². The number of carbonyl (C=O) groups excluding carboxylic acids is 1. The Morgan fingerprint density at radius 1 is 1.50 bits per heavy atom. The van der Waals surface area contributed by atoms with E-state index >= 15 is 0 Å². The van der Waals surface area contributed by atoms with Crippen LogP contribution in [0.3, 0.4) is 0 Å². The van der Waals surface area contributed by atoms with Crippen LogP contribution in [0.1, 0.15) is 39.3 Å². The number of amides is 1. The van der Waals surface area contributed by atoms with Crippen molar-refractivity contribution in [3.63, 3.8) is 0 Å². The summed E-state index contributed by atoms with van der Waals surface area (Å²) in [4.78, 5) is 18.4. The van der Waals surface area contributed by atoms with Gasteiger partial charge in [0.15, 0.2) is 5.13 Å². The lowest BCUT2D eigenvalue weighted by atomic mass is 10.2. The van der Waals surface area contributed by atoms with E-state index in [1.165, 1.54) is 11.3 Å². The Morgan fingerprint density at radius 2 is 2.20 bits per heavy atom. The first kappa shape index (κ1) is 15.4. The maximum atomic E-state index is 11.5. The van der Waals surface area contributed by atoms with Crippen molar-refractivity contribution in [2.45, 2.75) is 52.4 Å². The first-order chi connectivity index (χ1) is 9.56. The third-order valence-electron chi connectivity index (χ3n) is 3.16. The summed E-state index contributed by atoms with van der Waals surface area (Å²) in [5.74, 6) is 0.0435. The number of rotatable bonds is 5. The van der Waals surface area contributed by atoms with Gasteiger partial charge >= 0.3 is 0 Å². The number of morpholine rings is 1. The third-order valence-corrected chi connectivity index (χ3v) is 3.96. The molecule has 112 valence electrons. The number of anilines is 1. The van der Waals surface area contributed by atoms with Gasteiger partial charge in [-0.05, 0) is 20.3 Å². The lowest BCUT2D eigenvalue weighted by molar-refractivity contribution is -0.116. The maximum Gasteiger partial charge on any atom is 0.226 e. The van der Waals surface area contributed by atoms with E-state index in [0.717, 1.165) is 31.7 Å². The predicted molar refractivity (Wildman–Crippen MR) is 80.9 cm³/mol. The molecule has 1 saturated heterocycles. The molecule has 5 nitrogen and oxygen atoms in total. The molecule has 20 heavy (non-hydrogen) atoms. The molecule has 2 rings (SSSR count). The highest BCUT2D eigenvalue weighted by Gasteiger charge is 2.22. The summed E-state index contributed by atoms with van der Waals surface area (Å²) < 4.78 is 5.72. The van der Waals surface area contributed by atoms with Crippen LogP contribution in [0.4, 0.5) is 5.13 Å². The lowest BCUT2D eigenvalue weighted by Crippen LogP contribution is -2.44. The van der Waals surface area contributed by atoms with Gasteiger partial charge in [-0.3, -0.25) is 9.69 Å². The molecule has 0 radical (unpaired) electrons. The molecule has 6 heteroatoms. The van der Waals surface area contributed by atoms with Crippen LogP contribution in [-0.4, -0.2) is 41.1 Å². The molecule has 2 atom stereocenters. The molecule has 1 aromatic heterocycles. The number of nitrogens with one attached hydrogen (secondary N) is 1. The van der Waals surface area contributed by atoms with E-state index in [9.17, 15) is 4.79 Å². The number of hydrogen-bond donors (Lipinski definition) is 1.